The van der Waals surface area contributed by atoms with Crippen molar-refractivity contribution in [3.05, 3.63) is 29.6 Å². The number of hydrogen-bond donors (Lipinski definition) is 0. The van der Waals surface area contributed by atoms with E-state index in [4.69, 9.17) is 11.6 Å². The highest BCUT2D eigenvalue weighted by atomic mass is 35.5. The van der Waals surface area contributed by atoms with Crippen LogP contribution in [0.25, 0.3) is 11.0 Å². The summed E-state index contributed by atoms with van der Waals surface area (Å²) < 4.78 is 29.0. The summed E-state index contributed by atoms with van der Waals surface area (Å²) in [5, 5.41) is -0.348. The smallest absolute Gasteiger partial charge is 0.153 e. The molecule has 1 heterocycles. The van der Waals surface area contributed by atoms with Gasteiger partial charge in [0.05, 0.1) is 10.9 Å². The maximum Gasteiger partial charge on any atom is 0.153 e. The van der Waals surface area contributed by atoms with Gasteiger partial charge in [-0.2, -0.15) is 0 Å². The Balaban J connectivity index is 2.65. The molecule has 1 aromatic carbocycles. The largest absolute Gasteiger partial charge is 0.326 e. The monoisotopic (exact) mass is 286 g/mol. The highest BCUT2D eigenvalue weighted by Gasteiger charge is 2.19. The topological polar surface area (TPSA) is 17.8 Å². The Labute approximate surface area is 116 Å². The number of halogens is 3. The molecule has 0 saturated carbocycles. The fraction of sp³-hybridized carbons (Fsp3) is 0.500. The first kappa shape index (κ1) is 14.3. The van der Waals surface area contributed by atoms with E-state index in [0.29, 0.717) is 23.8 Å². The number of hydrogen-bond acceptors (Lipinski definition) is 1. The lowest BCUT2D eigenvalue weighted by Crippen LogP contribution is -2.10. The molecule has 1 aromatic heterocycles. The van der Waals surface area contributed by atoms with Crippen molar-refractivity contribution in [1.82, 2.24) is 9.55 Å². The number of rotatable bonds is 4. The van der Waals surface area contributed by atoms with Crippen molar-refractivity contribution in [2.24, 2.45) is 5.92 Å². The third kappa shape index (κ3) is 2.73. The maximum absolute atomic E-state index is 13.8. The first-order chi connectivity index (χ1) is 8.93. The lowest BCUT2D eigenvalue weighted by molar-refractivity contribution is 0.465. The van der Waals surface area contributed by atoms with Crippen molar-refractivity contribution in [1.29, 1.82) is 0 Å². The molecular formula is C14H17ClF2N2. The minimum absolute atomic E-state index is 0.187. The molecule has 0 aliphatic carbocycles. The van der Waals surface area contributed by atoms with Crippen LogP contribution in [0.2, 0.25) is 0 Å². The molecule has 0 N–H and O–H groups in total. The number of fused-ring (bicyclic) bond motifs is 1. The van der Waals surface area contributed by atoms with Gasteiger partial charge in [-0.15, -0.1) is 11.6 Å². The van der Waals surface area contributed by atoms with Crippen LogP contribution in [-0.4, -0.2) is 9.55 Å². The van der Waals surface area contributed by atoms with Gasteiger partial charge in [-0.05, 0) is 18.9 Å². The highest BCUT2D eigenvalue weighted by Crippen LogP contribution is 2.28. The van der Waals surface area contributed by atoms with Crippen molar-refractivity contribution < 1.29 is 8.78 Å². The molecule has 0 bridgehead atoms. The molecular weight excluding hydrogens is 270 g/mol. The molecule has 0 aliphatic heterocycles. The fourth-order valence-electron chi connectivity index (χ4n) is 2.10. The second-order valence-electron chi connectivity index (χ2n) is 4.97. The number of aromatic nitrogens is 2. The van der Waals surface area contributed by atoms with Crippen LogP contribution in [0.5, 0.6) is 0 Å². The van der Waals surface area contributed by atoms with E-state index >= 15 is 0 Å². The minimum atomic E-state index is -0.642. The summed E-state index contributed by atoms with van der Waals surface area (Å²) in [4.78, 5) is 4.23. The minimum Gasteiger partial charge on any atom is -0.326 e. The van der Waals surface area contributed by atoms with E-state index < -0.39 is 11.6 Å². The van der Waals surface area contributed by atoms with Crippen molar-refractivity contribution in [3.63, 3.8) is 0 Å². The van der Waals surface area contributed by atoms with Gasteiger partial charge in [0.1, 0.15) is 17.2 Å². The standard InChI is InChI=1S/C14H17ClF2N2/c1-4-8(2)7-19-12-6-10(16)5-11(17)13(12)18-14(19)9(3)15/h5-6,8-9H,4,7H2,1-3H3. The molecule has 2 atom stereocenters. The molecule has 0 aliphatic rings. The summed E-state index contributed by atoms with van der Waals surface area (Å²) in [5.74, 6) is -0.264. The van der Waals surface area contributed by atoms with Gasteiger partial charge in [0.2, 0.25) is 0 Å². The summed E-state index contributed by atoms with van der Waals surface area (Å²) in [6, 6.07) is 2.17. The van der Waals surface area contributed by atoms with Gasteiger partial charge in [-0.1, -0.05) is 20.3 Å². The third-order valence-electron chi connectivity index (χ3n) is 3.35. The van der Waals surface area contributed by atoms with Crippen LogP contribution in [0, 0.1) is 17.6 Å². The first-order valence-corrected chi connectivity index (χ1v) is 6.86. The Kier molecular flexibility index (Phi) is 4.09. The molecule has 0 saturated heterocycles. The quantitative estimate of drug-likeness (QED) is 0.748. The average molecular weight is 287 g/mol. The fourth-order valence-corrected chi connectivity index (χ4v) is 2.27. The molecule has 0 spiro atoms. The molecule has 2 aromatic rings. The molecule has 0 amide bonds. The van der Waals surface area contributed by atoms with E-state index in [-0.39, 0.29) is 10.9 Å². The summed E-state index contributed by atoms with van der Waals surface area (Å²) in [5.41, 5.74) is 0.660. The van der Waals surface area contributed by atoms with Crippen LogP contribution in [0.3, 0.4) is 0 Å². The van der Waals surface area contributed by atoms with Crippen LogP contribution < -0.4 is 0 Å². The Hall–Kier alpha value is -1.16. The zero-order valence-corrected chi connectivity index (χ0v) is 12.0. The Bertz CT molecular complexity index is 593. The SMILES string of the molecule is CCC(C)Cn1c(C(C)Cl)nc2c(F)cc(F)cc21. The Morgan fingerprint density at radius 2 is 2.00 bits per heavy atom. The third-order valence-corrected chi connectivity index (χ3v) is 3.54. The number of alkyl halides is 1. The maximum atomic E-state index is 13.8. The number of imidazole rings is 1. The number of nitrogens with zero attached hydrogens (tertiary/aromatic N) is 2. The van der Waals surface area contributed by atoms with Crippen LogP contribution in [-0.2, 0) is 6.54 Å². The van der Waals surface area contributed by atoms with Crippen LogP contribution in [0.4, 0.5) is 8.78 Å². The normalized spacial score (nSPS) is 14.8. The molecule has 2 unspecified atom stereocenters. The van der Waals surface area contributed by atoms with Crippen molar-refractivity contribution >= 4 is 22.6 Å². The van der Waals surface area contributed by atoms with E-state index in [1.54, 1.807) is 6.92 Å². The summed E-state index contributed by atoms with van der Waals surface area (Å²) in [6.07, 6.45) is 0.980. The Morgan fingerprint density at radius 3 is 2.58 bits per heavy atom. The van der Waals surface area contributed by atoms with E-state index in [0.717, 1.165) is 12.5 Å². The van der Waals surface area contributed by atoms with Gasteiger partial charge >= 0.3 is 0 Å². The van der Waals surface area contributed by atoms with Gasteiger partial charge in [0.25, 0.3) is 0 Å². The summed E-state index contributed by atoms with van der Waals surface area (Å²) in [6.45, 7) is 6.60. The van der Waals surface area contributed by atoms with Crippen molar-refractivity contribution in [3.8, 4) is 0 Å². The first-order valence-electron chi connectivity index (χ1n) is 6.43. The average Bonchev–Trinajstić information content (AvgIpc) is 2.68. The van der Waals surface area contributed by atoms with E-state index in [9.17, 15) is 8.78 Å². The molecule has 2 nitrogen and oxygen atoms in total. The highest BCUT2D eigenvalue weighted by molar-refractivity contribution is 6.20. The van der Waals surface area contributed by atoms with Gasteiger partial charge < -0.3 is 4.57 Å². The zero-order valence-electron chi connectivity index (χ0n) is 11.3. The summed E-state index contributed by atoms with van der Waals surface area (Å²) in [7, 11) is 0. The van der Waals surface area contributed by atoms with Crippen LogP contribution >= 0.6 is 11.6 Å². The van der Waals surface area contributed by atoms with Crippen molar-refractivity contribution in [2.45, 2.75) is 39.1 Å². The Morgan fingerprint density at radius 1 is 1.32 bits per heavy atom. The van der Waals surface area contributed by atoms with E-state index in [1.165, 1.54) is 6.07 Å². The van der Waals surface area contributed by atoms with Crippen LogP contribution in [0.1, 0.15) is 38.4 Å². The molecule has 5 heteroatoms. The molecule has 2 rings (SSSR count). The molecule has 104 valence electrons. The molecule has 0 fully saturated rings. The predicted molar refractivity (Wildman–Crippen MR) is 73.4 cm³/mol. The van der Waals surface area contributed by atoms with Gasteiger partial charge in [0.15, 0.2) is 5.82 Å². The van der Waals surface area contributed by atoms with Gasteiger partial charge in [-0.25, -0.2) is 13.8 Å². The van der Waals surface area contributed by atoms with Crippen molar-refractivity contribution in [2.75, 3.05) is 0 Å². The molecule has 0 radical (unpaired) electrons. The van der Waals surface area contributed by atoms with Gasteiger partial charge in [0, 0.05) is 12.6 Å². The molecule has 19 heavy (non-hydrogen) atoms. The zero-order chi connectivity index (χ0) is 14.2. The van der Waals surface area contributed by atoms with Gasteiger partial charge in [-0.3, -0.25) is 0 Å². The second-order valence-corrected chi connectivity index (χ2v) is 5.62. The second kappa shape index (κ2) is 5.45. The number of benzene rings is 1. The predicted octanol–water partition coefficient (Wildman–Crippen LogP) is 4.66. The lowest BCUT2D eigenvalue weighted by Gasteiger charge is -2.14. The van der Waals surface area contributed by atoms with E-state index in [2.05, 4.69) is 18.8 Å². The van der Waals surface area contributed by atoms with Crippen LogP contribution in [0.15, 0.2) is 12.1 Å². The van der Waals surface area contributed by atoms with E-state index in [1.807, 2.05) is 4.57 Å². The summed E-state index contributed by atoms with van der Waals surface area (Å²) >= 11 is 6.10. The lowest BCUT2D eigenvalue weighted by atomic mass is 10.1.